The molecule has 160 valence electrons. The van der Waals surface area contributed by atoms with E-state index in [0.29, 0.717) is 29.4 Å². The molecule has 1 atom stereocenters. The maximum atomic E-state index is 13.2. The molecule has 0 radical (unpaired) electrons. The lowest BCUT2D eigenvalue weighted by atomic mass is 9.95. The average Bonchev–Trinajstić information content (AvgIpc) is 3.17. The lowest BCUT2D eigenvalue weighted by Crippen LogP contribution is -2.43. The molecule has 1 aliphatic rings. The smallest absolute Gasteiger partial charge is 0.260 e. The van der Waals surface area contributed by atoms with Gasteiger partial charge in [0.2, 0.25) is 5.91 Å². The summed E-state index contributed by atoms with van der Waals surface area (Å²) in [5, 5.41) is 7.40. The Morgan fingerprint density at radius 2 is 1.87 bits per heavy atom. The van der Waals surface area contributed by atoms with E-state index in [1.807, 2.05) is 36.5 Å². The van der Waals surface area contributed by atoms with E-state index in [4.69, 9.17) is 9.47 Å². The van der Waals surface area contributed by atoms with Crippen LogP contribution in [0.15, 0.2) is 60.8 Å². The first-order chi connectivity index (χ1) is 15.0. The monoisotopic (exact) mass is 420 g/mol. The molecule has 0 saturated carbocycles. The van der Waals surface area contributed by atoms with Gasteiger partial charge in [0.15, 0.2) is 6.61 Å². The predicted molar refractivity (Wildman–Crippen MR) is 115 cm³/mol. The third-order valence-electron chi connectivity index (χ3n) is 5.17. The molecule has 2 amide bonds. The fourth-order valence-corrected chi connectivity index (χ4v) is 3.66. The van der Waals surface area contributed by atoms with Crippen LogP contribution < -0.4 is 14.8 Å². The first-order valence-corrected chi connectivity index (χ1v) is 9.97. The minimum absolute atomic E-state index is 0.0968. The van der Waals surface area contributed by atoms with Crippen molar-refractivity contribution in [1.82, 2.24) is 14.7 Å². The number of carbonyl (C=O) groups is 2. The average molecular weight is 420 g/mol. The number of fused-ring (bicyclic) bond motifs is 1. The summed E-state index contributed by atoms with van der Waals surface area (Å²) >= 11 is 0. The highest BCUT2D eigenvalue weighted by molar-refractivity contribution is 5.97. The third kappa shape index (κ3) is 4.53. The highest BCUT2D eigenvalue weighted by Crippen LogP contribution is 2.30. The van der Waals surface area contributed by atoms with Gasteiger partial charge in [-0.15, -0.1) is 0 Å². The second-order valence-electron chi connectivity index (χ2n) is 7.33. The summed E-state index contributed by atoms with van der Waals surface area (Å²) < 4.78 is 12.6. The molecule has 1 unspecified atom stereocenters. The number of rotatable bonds is 6. The van der Waals surface area contributed by atoms with Crippen molar-refractivity contribution < 1.29 is 19.1 Å². The van der Waals surface area contributed by atoms with Gasteiger partial charge in [-0.05, 0) is 24.3 Å². The van der Waals surface area contributed by atoms with E-state index >= 15 is 0 Å². The van der Waals surface area contributed by atoms with Crippen molar-refractivity contribution in [3.05, 3.63) is 72.1 Å². The summed E-state index contributed by atoms with van der Waals surface area (Å²) in [6.07, 6.45) is 1.84. The topological polar surface area (TPSA) is 85.7 Å². The van der Waals surface area contributed by atoms with Crippen molar-refractivity contribution in [2.24, 2.45) is 7.05 Å². The fraction of sp³-hybridized carbons (Fsp3) is 0.261. The zero-order valence-corrected chi connectivity index (χ0v) is 17.4. The van der Waals surface area contributed by atoms with E-state index in [1.165, 1.54) is 0 Å². The standard InChI is InChI=1S/C23H24N4O4/c1-26-12-16-13-27(21(28)15-31-17-8-4-3-5-9-17)14-18(22(16)25-26)23(29)24-19-10-6-7-11-20(19)30-2/h3-12,18H,13-15H2,1-2H3,(H,24,29). The molecule has 8 nitrogen and oxygen atoms in total. The Bertz CT molecular complexity index is 1080. The predicted octanol–water partition coefficient (Wildman–Crippen LogP) is 2.57. The molecule has 0 saturated heterocycles. The molecule has 1 aromatic heterocycles. The van der Waals surface area contributed by atoms with Crippen LogP contribution in [0.4, 0.5) is 5.69 Å². The molecule has 8 heteroatoms. The van der Waals surface area contributed by atoms with E-state index < -0.39 is 5.92 Å². The summed E-state index contributed by atoms with van der Waals surface area (Å²) in [4.78, 5) is 27.6. The number of para-hydroxylation sites is 3. The Balaban J connectivity index is 1.51. The van der Waals surface area contributed by atoms with E-state index in [0.717, 1.165) is 5.56 Å². The number of aromatic nitrogens is 2. The van der Waals surface area contributed by atoms with Gasteiger partial charge in [0.1, 0.15) is 17.4 Å². The van der Waals surface area contributed by atoms with Crippen LogP contribution in [-0.2, 0) is 23.2 Å². The van der Waals surface area contributed by atoms with Gasteiger partial charge in [0.05, 0.1) is 18.5 Å². The van der Waals surface area contributed by atoms with Crippen LogP contribution in [0, 0.1) is 0 Å². The van der Waals surface area contributed by atoms with Gasteiger partial charge in [-0.2, -0.15) is 5.10 Å². The molecule has 3 aromatic rings. The second-order valence-corrected chi connectivity index (χ2v) is 7.33. The molecule has 0 bridgehead atoms. The number of benzene rings is 2. The van der Waals surface area contributed by atoms with Gasteiger partial charge in [0, 0.05) is 31.9 Å². The summed E-state index contributed by atoms with van der Waals surface area (Å²) in [6, 6.07) is 16.4. The molecule has 1 aliphatic heterocycles. The van der Waals surface area contributed by atoms with Crippen molar-refractivity contribution in [1.29, 1.82) is 0 Å². The lowest BCUT2D eigenvalue weighted by Gasteiger charge is -2.31. The highest BCUT2D eigenvalue weighted by Gasteiger charge is 2.35. The van der Waals surface area contributed by atoms with Crippen LogP contribution in [0.2, 0.25) is 0 Å². The van der Waals surface area contributed by atoms with Crippen LogP contribution in [0.25, 0.3) is 0 Å². The lowest BCUT2D eigenvalue weighted by molar-refractivity contribution is -0.135. The number of nitrogens with one attached hydrogen (secondary N) is 1. The molecular formula is C23H24N4O4. The summed E-state index contributed by atoms with van der Waals surface area (Å²) in [7, 11) is 3.35. The number of hydrogen-bond donors (Lipinski definition) is 1. The van der Waals surface area contributed by atoms with Gasteiger partial charge in [0.25, 0.3) is 5.91 Å². The minimum atomic E-state index is -0.601. The number of nitrogens with zero attached hydrogens (tertiary/aromatic N) is 3. The second kappa shape index (κ2) is 8.91. The zero-order chi connectivity index (χ0) is 21.8. The van der Waals surface area contributed by atoms with Crippen LogP contribution in [0.3, 0.4) is 0 Å². The molecule has 31 heavy (non-hydrogen) atoms. The highest BCUT2D eigenvalue weighted by atomic mass is 16.5. The van der Waals surface area contributed by atoms with E-state index in [1.54, 1.807) is 48.0 Å². The maximum Gasteiger partial charge on any atom is 0.260 e. The number of amides is 2. The number of methoxy groups -OCH3 is 1. The molecule has 4 rings (SSSR count). The zero-order valence-electron chi connectivity index (χ0n) is 17.4. The normalized spacial score (nSPS) is 15.2. The Morgan fingerprint density at radius 1 is 1.13 bits per heavy atom. The van der Waals surface area contributed by atoms with Crippen LogP contribution >= 0.6 is 0 Å². The molecule has 0 fully saturated rings. The van der Waals surface area contributed by atoms with E-state index in [2.05, 4.69) is 10.4 Å². The molecule has 2 aromatic carbocycles. The molecule has 0 aliphatic carbocycles. The molecule has 2 heterocycles. The van der Waals surface area contributed by atoms with Gasteiger partial charge in [-0.1, -0.05) is 30.3 Å². The van der Waals surface area contributed by atoms with Crippen molar-refractivity contribution in [2.75, 3.05) is 25.6 Å². The Labute approximate surface area is 180 Å². The minimum Gasteiger partial charge on any atom is -0.495 e. The van der Waals surface area contributed by atoms with Crippen molar-refractivity contribution >= 4 is 17.5 Å². The summed E-state index contributed by atoms with van der Waals surface area (Å²) in [6.45, 7) is 0.515. The Morgan fingerprint density at radius 3 is 2.65 bits per heavy atom. The Kier molecular flexibility index (Phi) is 5.88. The van der Waals surface area contributed by atoms with Crippen LogP contribution in [0.1, 0.15) is 17.2 Å². The number of hydrogen-bond acceptors (Lipinski definition) is 5. The number of aryl methyl sites for hydroxylation is 1. The first kappa shape index (κ1) is 20.5. The van der Waals surface area contributed by atoms with Crippen molar-refractivity contribution in [3.8, 4) is 11.5 Å². The van der Waals surface area contributed by atoms with Gasteiger partial charge in [-0.3, -0.25) is 14.3 Å². The van der Waals surface area contributed by atoms with Gasteiger partial charge >= 0.3 is 0 Å². The van der Waals surface area contributed by atoms with Gasteiger partial charge in [-0.25, -0.2) is 0 Å². The maximum absolute atomic E-state index is 13.2. The van der Waals surface area contributed by atoms with Crippen molar-refractivity contribution in [2.45, 2.75) is 12.5 Å². The third-order valence-corrected chi connectivity index (χ3v) is 5.17. The Hall–Kier alpha value is -3.81. The van der Waals surface area contributed by atoms with E-state index in [-0.39, 0.29) is 25.0 Å². The summed E-state index contributed by atoms with van der Waals surface area (Å²) in [5.41, 5.74) is 2.10. The summed E-state index contributed by atoms with van der Waals surface area (Å²) in [5.74, 6) is 0.160. The number of ether oxygens (including phenoxy) is 2. The first-order valence-electron chi connectivity index (χ1n) is 9.97. The van der Waals surface area contributed by atoms with Crippen LogP contribution in [-0.4, -0.2) is 46.8 Å². The molecule has 1 N–H and O–H groups in total. The SMILES string of the molecule is COc1ccccc1NC(=O)C1CN(C(=O)COc2ccccc2)Cc2cn(C)nc21. The van der Waals surface area contributed by atoms with Crippen LogP contribution in [0.5, 0.6) is 11.5 Å². The number of anilines is 1. The van der Waals surface area contributed by atoms with E-state index in [9.17, 15) is 9.59 Å². The number of carbonyl (C=O) groups excluding carboxylic acids is 2. The fourth-order valence-electron chi connectivity index (χ4n) is 3.66. The van der Waals surface area contributed by atoms with Crippen molar-refractivity contribution in [3.63, 3.8) is 0 Å². The molecule has 0 spiro atoms. The van der Waals surface area contributed by atoms with Gasteiger partial charge < -0.3 is 19.7 Å². The largest absolute Gasteiger partial charge is 0.495 e. The molecular weight excluding hydrogens is 396 g/mol. The quantitative estimate of drug-likeness (QED) is 0.663.